The number of carbonyl (C=O) groups excluding carboxylic acids is 2. The summed E-state index contributed by atoms with van der Waals surface area (Å²) in [6.07, 6.45) is 1.37. The number of benzene rings is 2. The number of aliphatic hydroxyl groups is 1. The lowest BCUT2D eigenvalue weighted by molar-refractivity contribution is -0.130. The van der Waals surface area contributed by atoms with Crippen molar-refractivity contribution >= 4 is 11.7 Å². The van der Waals surface area contributed by atoms with E-state index in [9.17, 15) is 14.7 Å². The van der Waals surface area contributed by atoms with Gasteiger partial charge in [0, 0.05) is 13.7 Å². The number of ketones is 1. The zero-order valence-corrected chi connectivity index (χ0v) is 16.9. The van der Waals surface area contributed by atoms with Gasteiger partial charge in [0.1, 0.15) is 11.5 Å². The van der Waals surface area contributed by atoms with Crippen LogP contribution in [0.25, 0.3) is 0 Å². The highest BCUT2D eigenvalue weighted by molar-refractivity contribution is 6.15. The second-order valence-electron chi connectivity index (χ2n) is 6.95. The Morgan fingerprint density at radius 1 is 1.06 bits per heavy atom. The summed E-state index contributed by atoms with van der Waals surface area (Å²) >= 11 is 0. The van der Waals surface area contributed by atoms with E-state index >= 15 is 0 Å². The van der Waals surface area contributed by atoms with E-state index in [0.29, 0.717) is 17.1 Å². The molecule has 1 atom stereocenters. The summed E-state index contributed by atoms with van der Waals surface area (Å²) in [4.78, 5) is 27.3. The van der Waals surface area contributed by atoms with Crippen molar-refractivity contribution in [1.82, 2.24) is 4.90 Å². The van der Waals surface area contributed by atoms with Crippen LogP contribution in [-0.2, 0) is 9.53 Å². The molecule has 1 N–H and O–H groups in total. The first-order chi connectivity index (χ1) is 15.1. The third kappa shape index (κ3) is 4.08. The fourth-order valence-electron chi connectivity index (χ4n) is 3.57. The minimum absolute atomic E-state index is 0.0343. The molecule has 2 heterocycles. The van der Waals surface area contributed by atoms with Crippen molar-refractivity contribution in [2.24, 2.45) is 0 Å². The Hall–Kier alpha value is -3.84. The first-order valence-electron chi connectivity index (χ1n) is 9.74. The highest BCUT2D eigenvalue weighted by atomic mass is 16.5. The molecule has 1 aromatic heterocycles. The summed E-state index contributed by atoms with van der Waals surface area (Å²) in [7, 11) is 1.52. The molecule has 1 amide bonds. The Labute approximate surface area is 179 Å². The Morgan fingerprint density at radius 3 is 2.55 bits per heavy atom. The van der Waals surface area contributed by atoms with Crippen molar-refractivity contribution in [2.45, 2.75) is 6.04 Å². The maximum atomic E-state index is 13.1. The molecule has 1 aliphatic heterocycles. The van der Waals surface area contributed by atoms with Gasteiger partial charge >= 0.3 is 0 Å². The summed E-state index contributed by atoms with van der Waals surface area (Å²) in [6, 6.07) is 18.6. The Morgan fingerprint density at radius 2 is 1.84 bits per heavy atom. The van der Waals surface area contributed by atoms with Gasteiger partial charge in [0.05, 0.1) is 24.5 Å². The van der Waals surface area contributed by atoms with E-state index in [-0.39, 0.29) is 24.5 Å². The number of aliphatic hydroxyl groups excluding tert-OH is 1. The van der Waals surface area contributed by atoms with Gasteiger partial charge in [-0.25, -0.2) is 0 Å². The van der Waals surface area contributed by atoms with Crippen molar-refractivity contribution in [1.29, 1.82) is 0 Å². The van der Waals surface area contributed by atoms with Crippen molar-refractivity contribution in [3.05, 3.63) is 95.6 Å². The summed E-state index contributed by atoms with van der Waals surface area (Å²) in [5, 5.41) is 10.6. The number of rotatable bonds is 8. The van der Waals surface area contributed by atoms with Gasteiger partial charge in [-0.1, -0.05) is 30.3 Å². The predicted molar refractivity (Wildman–Crippen MR) is 112 cm³/mol. The summed E-state index contributed by atoms with van der Waals surface area (Å²) in [5.41, 5.74) is 0.588. The van der Waals surface area contributed by atoms with Crippen LogP contribution < -0.4 is 4.74 Å². The zero-order valence-electron chi connectivity index (χ0n) is 16.9. The number of methoxy groups -OCH3 is 1. The quantitative estimate of drug-likeness (QED) is 0.548. The molecular weight excluding hydrogens is 398 g/mol. The number of furan rings is 1. The highest BCUT2D eigenvalue weighted by Gasteiger charge is 2.44. The van der Waals surface area contributed by atoms with Crippen molar-refractivity contribution in [2.75, 3.05) is 20.3 Å². The molecule has 0 unspecified atom stereocenters. The lowest BCUT2D eigenvalue weighted by Crippen LogP contribution is -2.34. The number of Topliss-reactive ketones (excluding diaryl/α,β-unsaturated/α-hetero) is 1. The fraction of sp³-hybridized carbons (Fsp3) is 0.167. The number of nitrogens with zero attached hydrogens (tertiary/aromatic N) is 1. The first kappa shape index (κ1) is 20.4. The molecule has 7 heteroatoms. The molecule has 7 nitrogen and oxygen atoms in total. The van der Waals surface area contributed by atoms with Crippen LogP contribution in [0.4, 0.5) is 0 Å². The minimum Gasteiger partial charge on any atom is -0.503 e. The Kier molecular flexibility index (Phi) is 5.86. The van der Waals surface area contributed by atoms with Crippen LogP contribution >= 0.6 is 0 Å². The van der Waals surface area contributed by atoms with E-state index in [1.807, 2.05) is 30.3 Å². The molecule has 3 aromatic rings. The molecule has 0 fully saturated rings. The summed E-state index contributed by atoms with van der Waals surface area (Å²) in [5.74, 6) is -0.523. The van der Waals surface area contributed by atoms with Crippen LogP contribution in [0.15, 0.2) is 88.7 Å². The van der Waals surface area contributed by atoms with E-state index in [1.54, 1.807) is 30.3 Å². The van der Waals surface area contributed by atoms with Crippen LogP contribution in [0.5, 0.6) is 11.5 Å². The van der Waals surface area contributed by atoms with Gasteiger partial charge in [-0.2, -0.15) is 0 Å². The normalized spacial score (nSPS) is 16.1. The second kappa shape index (κ2) is 8.89. The average molecular weight is 419 g/mol. The van der Waals surface area contributed by atoms with Crippen LogP contribution in [0.3, 0.4) is 0 Å². The second-order valence-corrected chi connectivity index (χ2v) is 6.95. The summed E-state index contributed by atoms with van der Waals surface area (Å²) < 4.78 is 16.2. The van der Waals surface area contributed by atoms with Gasteiger partial charge in [-0.05, 0) is 42.0 Å². The number of amides is 1. The third-order valence-corrected chi connectivity index (χ3v) is 4.98. The number of ether oxygens (including phenoxy) is 2. The molecular formula is C24H21NO6. The fourth-order valence-corrected chi connectivity index (χ4v) is 3.57. The largest absolute Gasteiger partial charge is 0.503 e. The third-order valence-electron chi connectivity index (χ3n) is 4.98. The molecule has 0 saturated heterocycles. The van der Waals surface area contributed by atoms with E-state index in [1.165, 1.54) is 24.3 Å². The lowest BCUT2D eigenvalue weighted by Gasteiger charge is -2.26. The van der Waals surface area contributed by atoms with Crippen molar-refractivity contribution in [3.8, 4) is 11.5 Å². The smallest absolute Gasteiger partial charge is 0.290 e. The van der Waals surface area contributed by atoms with Crippen molar-refractivity contribution in [3.63, 3.8) is 0 Å². The van der Waals surface area contributed by atoms with Crippen LogP contribution in [-0.4, -0.2) is 42.0 Å². The molecule has 0 radical (unpaired) electrons. The molecule has 0 bridgehead atoms. The average Bonchev–Trinajstić information content (AvgIpc) is 3.41. The Balaban J connectivity index is 1.73. The van der Waals surface area contributed by atoms with E-state index in [4.69, 9.17) is 13.9 Å². The molecule has 2 aromatic carbocycles. The van der Waals surface area contributed by atoms with Gasteiger partial charge in [0.25, 0.3) is 5.91 Å². The monoisotopic (exact) mass is 419 g/mol. The standard InChI is InChI=1S/C24H21NO6/c1-29-14-12-25-21(20(23(27)24(25)28)22(26)19-11-6-13-30-19)16-7-5-10-18(15-16)31-17-8-3-2-4-9-17/h2-11,13,15,21,27H,12,14H2,1H3/t21-/m0/s1. The van der Waals surface area contributed by atoms with Gasteiger partial charge in [0.15, 0.2) is 11.5 Å². The SMILES string of the molecule is COCCN1C(=O)C(O)=C(C(=O)c2ccco2)[C@@H]1c1cccc(Oc2ccccc2)c1. The molecule has 0 saturated carbocycles. The molecule has 31 heavy (non-hydrogen) atoms. The van der Waals surface area contributed by atoms with E-state index in [0.717, 1.165) is 0 Å². The first-order valence-corrected chi connectivity index (χ1v) is 9.74. The number of hydrogen-bond acceptors (Lipinski definition) is 6. The zero-order chi connectivity index (χ0) is 21.8. The van der Waals surface area contributed by atoms with Crippen LogP contribution in [0.1, 0.15) is 22.2 Å². The Bertz CT molecular complexity index is 1100. The van der Waals surface area contributed by atoms with E-state index in [2.05, 4.69) is 0 Å². The predicted octanol–water partition coefficient (Wildman–Crippen LogP) is 4.30. The molecule has 1 aliphatic rings. The molecule has 0 spiro atoms. The van der Waals surface area contributed by atoms with Gasteiger partial charge in [0.2, 0.25) is 5.78 Å². The van der Waals surface area contributed by atoms with Gasteiger partial charge in [-0.15, -0.1) is 0 Å². The molecule has 4 rings (SSSR count). The highest BCUT2D eigenvalue weighted by Crippen LogP contribution is 2.40. The van der Waals surface area contributed by atoms with Gasteiger partial charge in [-0.3, -0.25) is 9.59 Å². The van der Waals surface area contributed by atoms with Crippen LogP contribution in [0, 0.1) is 0 Å². The number of hydrogen-bond donors (Lipinski definition) is 1. The molecule has 0 aliphatic carbocycles. The van der Waals surface area contributed by atoms with Gasteiger partial charge < -0.3 is 23.9 Å². The number of para-hydroxylation sites is 1. The maximum absolute atomic E-state index is 13.1. The maximum Gasteiger partial charge on any atom is 0.290 e. The molecule has 158 valence electrons. The van der Waals surface area contributed by atoms with Crippen LogP contribution in [0.2, 0.25) is 0 Å². The topological polar surface area (TPSA) is 89.2 Å². The lowest BCUT2D eigenvalue weighted by atomic mass is 9.95. The van der Waals surface area contributed by atoms with E-state index < -0.39 is 23.5 Å². The number of carbonyl (C=O) groups is 2. The van der Waals surface area contributed by atoms with Crippen molar-refractivity contribution < 1.29 is 28.6 Å². The minimum atomic E-state index is -0.806. The summed E-state index contributed by atoms with van der Waals surface area (Å²) in [6.45, 7) is 0.445.